The molecule has 4 nitrogen and oxygen atoms in total. The lowest BCUT2D eigenvalue weighted by Gasteiger charge is -2.21. The number of rotatable bonds is 8. The van der Waals surface area contributed by atoms with Crippen molar-refractivity contribution in [3.05, 3.63) is 0 Å². The van der Waals surface area contributed by atoms with E-state index >= 15 is 0 Å². The van der Waals surface area contributed by atoms with Crippen LogP contribution in [0, 0.1) is 10.8 Å². The Morgan fingerprint density at radius 3 is 1.05 bits per heavy atom. The third kappa shape index (κ3) is 6.92. The summed E-state index contributed by atoms with van der Waals surface area (Å²) in [6.07, 6.45) is 4.87. The molecule has 2 atom stereocenters. The van der Waals surface area contributed by atoms with Crippen LogP contribution in [0.3, 0.4) is 0 Å². The molecule has 0 aliphatic heterocycles. The van der Waals surface area contributed by atoms with Crippen molar-refractivity contribution in [2.24, 2.45) is 10.8 Å². The van der Waals surface area contributed by atoms with Gasteiger partial charge in [0.2, 0.25) is 0 Å². The Kier molecular flexibility index (Phi) is 10.4. The molecule has 0 aliphatic rings. The van der Waals surface area contributed by atoms with Gasteiger partial charge in [0.15, 0.2) is 0 Å². The monoisotopic (exact) mass is 288 g/mol. The number of hydrogen-bond donors (Lipinski definition) is 2. The van der Waals surface area contributed by atoms with Crippen molar-refractivity contribution in [1.29, 1.82) is 0 Å². The highest BCUT2D eigenvalue weighted by atomic mass is 16.4. The first-order chi connectivity index (χ1) is 9.13. The van der Waals surface area contributed by atoms with E-state index in [1.165, 1.54) is 0 Å². The van der Waals surface area contributed by atoms with E-state index < -0.39 is 22.8 Å². The van der Waals surface area contributed by atoms with E-state index in [0.29, 0.717) is 0 Å². The molecule has 120 valence electrons. The van der Waals surface area contributed by atoms with E-state index in [2.05, 4.69) is 0 Å². The maximum Gasteiger partial charge on any atom is 0.309 e. The van der Waals surface area contributed by atoms with Gasteiger partial charge in [-0.05, 0) is 39.5 Å². The lowest BCUT2D eigenvalue weighted by molar-refractivity contribution is -0.149. The van der Waals surface area contributed by atoms with Crippen LogP contribution in [-0.4, -0.2) is 22.2 Å². The Hall–Kier alpha value is -1.06. The quantitative estimate of drug-likeness (QED) is 0.685. The molecule has 0 heterocycles. The van der Waals surface area contributed by atoms with Crippen LogP contribution in [0.5, 0.6) is 0 Å². The Morgan fingerprint density at radius 2 is 1.00 bits per heavy atom. The lowest BCUT2D eigenvalue weighted by atomic mass is 9.83. The molecule has 2 N–H and O–H groups in total. The molecule has 20 heavy (non-hydrogen) atoms. The Morgan fingerprint density at radius 1 is 0.750 bits per heavy atom. The number of aliphatic carboxylic acids is 2. The van der Waals surface area contributed by atoms with Gasteiger partial charge in [0.1, 0.15) is 0 Å². The van der Waals surface area contributed by atoms with Gasteiger partial charge in [0.25, 0.3) is 0 Å². The van der Waals surface area contributed by atoms with Crippen LogP contribution in [0.1, 0.15) is 80.1 Å². The molecule has 2 unspecified atom stereocenters. The average Bonchev–Trinajstić information content (AvgIpc) is 2.39. The van der Waals surface area contributed by atoms with Crippen molar-refractivity contribution >= 4 is 11.9 Å². The molecule has 0 aromatic rings. The highest BCUT2D eigenvalue weighted by molar-refractivity contribution is 5.74. The van der Waals surface area contributed by atoms with E-state index in [0.717, 1.165) is 38.5 Å². The van der Waals surface area contributed by atoms with Crippen LogP contribution >= 0.6 is 0 Å². The fourth-order valence-corrected chi connectivity index (χ4v) is 1.97. The van der Waals surface area contributed by atoms with Crippen molar-refractivity contribution in [3.8, 4) is 0 Å². The molecule has 0 aromatic carbocycles. The van der Waals surface area contributed by atoms with E-state index in [1.54, 1.807) is 13.8 Å². The zero-order valence-electron chi connectivity index (χ0n) is 14.0. The summed E-state index contributed by atoms with van der Waals surface area (Å²) < 4.78 is 0. The van der Waals surface area contributed by atoms with E-state index in [9.17, 15) is 9.59 Å². The molecule has 0 amide bonds. The molecule has 0 rings (SSSR count). The van der Waals surface area contributed by atoms with Crippen molar-refractivity contribution in [1.82, 2.24) is 0 Å². The van der Waals surface area contributed by atoms with Gasteiger partial charge in [-0.1, -0.05) is 40.5 Å². The topological polar surface area (TPSA) is 74.6 Å². The van der Waals surface area contributed by atoms with Crippen LogP contribution in [0.2, 0.25) is 0 Å². The predicted molar refractivity (Wildman–Crippen MR) is 81.9 cm³/mol. The van der Waals surface area contributed by atoms with Crippen LogP contribution in [0.4, 0.5) is 0 Å². The SMILES string of the molecule is CCCC(C)(CC)C(=O)O.CCCC(C)(CC)C(=O)O. The lowest BCUT2D eigenvalue weighted by Crippen LogP contribution is -2.26. The van der Waals surface area contributed by atoms with Gasteiger partial charge in [-0.25, -0.2) is 0 Å². The first-order valence-corrected chi connectivity index (χ1v) is 7.60. The summed E-state index contributed by atoms with van der Waals surface area (Å²) in [5.41, 5.74) is -0.983. The molecule has 0 bridgehead atoms. The number of carbonyl (C=O) groups is 2. The standard InChI is InChI=1S/2C8H16O2/c2*1-4-6-8(3,5-2)7(9)10/h2*4-6H2,1-3H3,(H,9,10). The minimum atomic E-state index is -0.670. The summed E-state index contributed by atoms with van der Waals surface area (Å²) in [7, 11) is 0. The number of carboxylic acids is 2. The predicted octanol–water partition coefficient (Wildman–Crippen LogP) is 4.57. The molecular weight excluding hydrogens is 256 g/mol. The molecular formula is C16H32O4. The summed E-state index contributed by atoms with van der Waals surface area (Å²) >= 11 is 0. The highest BCUT2D eigenvalue weighted by Crippen LogP contribution is 2.27. The smallest absolute Gasteiger partial charge is 0.309 e. The van der Waals surface area contributed by atoms with Crippen molar-refractivity contribution in [3.63, 3.8) is 0 Å². The molecule has 0 aliphatic carbocycles. The van der Waals surface area contributed by atoms with E-state index in [1.807, 2.05) is 27.7 Å². The zero-order valence-corrected chi connectivity index (χ0v) is 14.0. The van der Waals surface area contributed by atoms with Gasteiger partial charge in [-0.2, -0.15) is 0 Å². The number of hydrogen-bond acceptors (Lipinski definition) is 2. The fraction of sp³-hybridized carbons (Fsp3) is 0.875. The Bertz CT molecular complexity index is 271. The average molecular weight is 288 g/mol. The minimum Gasteiger partial charge on any atom is -0.481 e. The van der Waals surface area contributed by atoms with Crippen LogP contribution in [-0.2, 0) is 9.59 Å². The molecule has 0 fully saturated rings. The Balaban J connectivity index is 0. The van der Waals surface area contributed by atoms with Crippen LogP contribution in [0.15, 0.2) is 0 Å². The second-order valence-electron chi connectivity index (χ2n) is 5.94. The maximum atomic E-state index is 10.6. The molecule has 0 radical (unpaired) electrons. The normalized spacial score (nSPS) is 16.3. The second kappa shape index (κ2) is 9.78. The summed E-state index contributed by atoms with van der Waals surface area (Å²) in [6, 6.07) is 0. The summed E-state index contributed by atoms with van der Waals surface area (Å²) in [4.78, 5) is 21.3. The molecule has 0 spiro atoms. The minimum absolute atomic E-state index is 0.491. The van der Waals surface area contributed by atoms with Gasteiger partial charge in [0.05, 0.1) is 10.8 Å². The van der Waals surface area contributed by atoms with Gasteiger partial charge < -0.3 is 10.2 Å². The molecule has 4 heteroatoms. The van der Waals surface area contributed by atoms with Crippen molar-refractivity contribution in [2.45, 2.75) is 80.1 Å². The molecule has 0 aromatic heterocycles. The van der Waals surface area contributed by atoms with Crippen LogP contribution in [0.25, 0.3) is 0 Å². The zero-order chi connectivity index (χ0) is 16.4. The third-order valence-electron chi connectivity index (χ3n) is 4.20. The molecule has 0 saturated carbocycles. The van der Waals surface area contributed by atoms with Crippen molar-refractivity contribution < 1.29 is 19.8 Å². The van der Waals surface area contributed by atoms with Crippen LogP contribution < -0.4 is 0 Å². The fourth-order valence-electron chi connectivity index (χ4n) is 1.97. The van der Waals surface area contributed by atoms with Crippen molar-refractivity contribution in [2.75, 3.05) is 0 Å². The second-order valence-corrected chi connectivity index (χ2v) is 5.94. The van der Waals surface area contributed by atoms with Gasteiger partial charge in [-0.3, -0.25) is 9.59 Å². The molecule has 0 saturated heterocycles. The van der Waals surface area contributed by atoms with Gasteiger partial charge >= 0.3 is 11.9 Å². The largest absolute Gasteiger partial charge is 0.481 e. The van der Waals surface area contributed by atoms with E-state index in [4.69, 9.17) is 10.2 Å². The summed E-state index contributed by atoms with van der Waals surface area (Å²) in [6.45, 7) is 11.5. The summed E-state index contributed by atoms with van der Waals surface area (Å²) in [5.74, 6) is -1.34. The first-order valence-electron chi connectivity index (χ1n) is 7.60. The third-order valence-corrected chi connectivity index (χ3v) is 4.20. The first kappa shape index (κ1) is 21.2. The van der Waals surface area contributed by atoms with Gasteiger partial charge in [0, 0.05) is 0 Å². The highest BCUT2D eigenvalue weighted by Gasteiger charge is 2.29. The van der Waals surface area contributed by atoms with E-state index in [-0.39, 0.29) is 0 Å². The van der Waals surface area contributed by atoms with Gasteiger partial charge in [-0.15, -0.1) is 0 Å². The maximum absolute atomic E-state index is 10.6. The Labute approximate surface area is 123 Å². The number of carboxylic acid groups (broad SMARTS) is 2. The summed E-state index contributed by atoms with van der Waals surface area (Å²) in [5, 5.41) is 17.5.